The second-order valence-corrected chi connectivity index (χ2v) is 1.45. The maximum Gasteiger partial charge on any atom is 0.340 e. The van der Waals surface area contributed by atoms with Crippen molar-refractivity contribution in [3.05, 3.63) is 7.11 Å². The van der Waals surface area contributed by atoms with Crippen molar-refractivity contribution in [1.82, 2.24) is 10.4 Å². The Balaban J connectivity index is 3.33. The summed E-state index contributed by atoms with van der Waals surface area (Å²) in [5.41, 5.74) is 2.02. The van der Waals surface area contributed by atoms with Crippen LogP contribution in [0, 0.1) is 7.11 Å². The topological polar surface area (TPSA) is 41.6 Å². The molecule has 0 heterocycles. The zero-order valence-electron chi connectivity index (χ0n) is 4.97. The summed E-state index contributed by atoms with van der Waals surface area (Å²) in [6.45, 7) is 0. The minimum atomic E-state index is -0.319. The smallest absolute Gasteiger partial charge is 0.329 e. The van der Waals surface area contributed by atoms with E-state index >= 15 is 0 Å². The fourth-order valence-electron chi connectivity index (χ4n) is 0.153. The van der Waals surface area contributed by atoms with Crippen LogP contribution in [0.5, 0.6) is 0 Å². The number of nitrogens with zero attached hydrogens (tertiary/aromatic N) is 1. The Bertz CT molecular complexity index is 82.1. The molecule has 4 nitrogen and oxygen atoms in total. The van der Waals surface area contributed by atoms with Gasteiger partial charge in [0.05, 0.1) is 0 Å². The first-order chi connectivity index (χ1) is 3.68. The third kappa shape index (κ3) is 2.41. The highest BCUT2D eigenvalue weighted by Gasteiger charge is 1.97. The summed E-state index contributed by atoms with van der Waals surface area (Å²) in [7, 11) is 6.16. The van der Waals surface area contributed by atoms with Gasteiger partial charge < -0.3 is 4.90 Å². The lowest BCUT2D eigenvalue weighted by Crippen LogP contribution is -2.33. The molecular weight excluding hydrogens is 108 g/mol. The molecule has 0 spiro atoms. The molecular formula is C4H9N2O2. The zero-order valence-corrected chi connectivity index (χ0v) is 4.97. The standard InChI is InChI=1S/C4H9N2O2/c1-6(2)4(7)5-8-3/h3H2,1-2H3,(H,5,7). The highest BCUT2D eigenvalue weighted by molar-refractivity contribution is 5.72. The number of hydrogen-bond donors (Lipinski definition) is 1. The van der Waals surface area contributed by atoms with Crippen molar-refractivity contribution in [2.24, 2.45) is 0 Å². The number of carbonyl (C=O) groups excluding carboxylic acids is 1. The van der Waals surface area contributed by atoms with Crippen molar-refractivity contribution in [3.63, 3.8) is 0 Å². The second kappa shape index (κ2) is 3.26. The fraction of sp³-hybridized carbons (Fsp3) is 0.500. The monoisotopic (exact) mass is 117 g/mol. The highest BCUT2D eigenvalue weighted by Crippen LogP contribution is 1.74. The average Bonchev–Trinajstić information content (AvgIpc) is 1.67. The van der Waals surface area contributed by atoms with Crippen LogP contribution in [0.4, 0.5) is 4.79 Å². The van der Waals surface area contributed by atoms with Gasteiger partial charge in [0.1, 0.15) is 7.11 Å². The largest absolute Gasteiger partial charge is 0.340 e. The van der Waals surface area contributed by atoms with Crippen molar-refractivity contribution < 1.29 is 9.63 Å². The lowest BCUT2D eigenvalue weighted by molar-refractivity contribution is 0.120. The fourth-order valence-corrected chi connectivity index (χ4v) is 0.153. The first-order valence-electron chi connectivity index (χ1n) is 2.06. The molecule has 0 rings (SSSR count). The van der Waals surface area contributed by atoms with Crippen LogP contribution >= 0.6 is 0 Å². The van der Waals surface area contributed by atoms with E-state index in [-0.39, 0.29) is 6.03 Å². The normalized spacial score (nSPS) is 8.38. The number of urea groups is 1. The highest BCUT2D eigenvalue weighted by atomic mass is 16.6. The van der Waals surface area contributed by atoms with Gasteiger partial charge in [-0.3, -0.25) is 4.84 Å². The molecule has 0 aliphatic rings. The zero-order chi connectivity index (χ0) is 6.57. The van der Waals surface area contributed by atoms with E-state index in [1.54, 1.807) is 14.1 Å². The molecule has 0 atom stereocenters. The minimum Gasteiger partial charge on any atom is -0.329 e. The third-order valence-electron chi connectivity index (χ3n) is 0.566. The SMILES string of the molecule is [CH2]ONC(=O)N(C)C. The number of hydroxylamine groups is 1. The van der Waals surface area contributed by atoms with Gasteiger partial charge in [0.25, 0.3) is 0 Å². The average molecular weight is 117 g/mol. The van der Waals surface area contributed by atoms with Crippen LogP contribution in [0.2, 0.25) is 0 Å². The third-order valence-corrected chi connectivity index (χ3v) is 0.566. The first-order valence-corrected chi connectivity index (χ1v) is 2.06. The molecule has 0 aromatic heterocycles. The molecule has 0 saturated carbocycles. The van der Waals surface area contributed by atoms with Gasteiger partial charge in [-0.15, -0.1) is 0 Å². The van der Waals surface area contributed by atoms with Crippen LogP contribution in [-0.4, -0.2) is 25.0 Å². The van der Waals surface area contributed by atoms with Gasteiger partial charge in [-0.05, 0) is 0 Å². The van der Waals surface area contributed by atoms with Crippen LogP contribution in [0.15, 0.2) is 0 Å². The first kappa shape index (κ1) is 7.23. The van der Waals surface area contributed by atoms with Crippen molar-refractivity contribution in [2.45, 2.75) is 0 Å². The molecule has 0 fully saturated rings. The lowest BCUT2D eigenvalue weighted by Gasteiger charge is -2.08. The van der Waals surface area contributed by atoms with Gasteiger partial charge in [0.2, 0.25) is 0 Å². The predicted molar refractivity (Wildman–Crippen MR) is 28.7 cm³/mol. The lowest BCUT2D eigenvalue weighted by atomic mass is 10.9. The number of nitrogens with one attached hydrogen (secondary N) is 1. The Labute approximate surface area is 48.4 Å². The van der Waals surface area contributed by atoms with Gasteiger partial charge in [-0.25, -0.2) is 10.3 Å². The van der Waals surface area contributed by atoms with Gasteiger partial charge in [0.15, 0.2) is 0 Å². The van der Waals surface area contributed by atoms with E-state index in [4.69, 9.17) is 0 Å². The molecule has 0 unspecified atom stereocenters. The van der Waals surface area contributed by atoms with E-state index in [0.29, 0.717) is 0 Å². The molecule has 0 saturated heterocycles. The summed E-state index contributed by atoms with van der Waals surface area (Å²) in [4.78, 5) is 15.8. The summed E-state index contributed by atoms with van der Waals surface area (Å²) in [5, 5.41) is 0. The maximum absolute atomic E-state index is 10.4. The molecule has 0 bridgehead atoms. The molecule has 8 heavy (non-hydrogen) atoms. The van der Waals surface area contributed by atoms with Crippen LogP contribution in [0.3, 0.4) is 0 Å². The van der Waals surface area contributed by atoms with Gasteiger partial charge in [0, 0.05) is 14.1 Å². The van der Waals surface area contributed by atoms with Gasteiger partial charge in [-0.2, -0.15) is 0 Å². The molecule has 47 valence electrons. The van der Waals surface area contributed by atoms with Crippen molar-refractivity contribution in [2.75, 3.05) is 14.1 Å². The summed E-state index contributed by atoms with van der Waals surface area (Å²) < 4.78 is 0. The van der Waals surface area contributed by atoms with Crippen LogP contribution in [0.1, 0.15) is 0 Å². The van der Waals surface area contributed by atoms with E-state index in [0.717, 1.165) is 0 Å². The second-order valence-electron chi connectivity index (χ2n) is 1.45. The number of amides is 2. The Morgan fingerprint density at radius 3 is 2.38 bits per heavy atom. The molecule has 0 aromatic carbocycles. The Morgan fingerprint density at radius 1 is 1.75 bits per heavy atom. The Kier molecular flexibility index (Phi) is 2.95. The summed E-state index contributed by atoms with van der Waals surface area (Å²) >= 11 is 0. The molecule has 0 aliphatic heterocycles. The summed E-state index contributed by atoms with van der Waals surface area (Å²) in [6, 6.07) is -0.319. The Morgan fingerprint density at radius 2 is 2.25 bits per heavy atom. The van der Waals surface area contributed by atoms with E-state index < -0.39 is 0 Å². The van der Waals surface area contributed by atoms with Gasteiger partial charge in [-0.1, -0.05) is 0 Å². The molecule has 1 radical (unpaired) electrons. The molecule has 0 aliphatic carbocycles. The number of hydrogen-bond acceptors (Lipinski definition) is 2. The van der Waals surface area contributed by atoms with Gasteiger partial charge >= 0.3 is 6.03 Å². The minimum absolute atomic E-state index is 0.319. The van der Waals surface area contributed by atoms with E-state index in [9.17, 15) is 4.79 Å². The van der Waals surface area contributed by atoms with Crippen LogP contribution in [0.25, 0.3) is 0 Å². The quantitative estimate of drug-likeness (QED) is 0.490. The Hall–Kier alpha value is -0.770. The van der Waals surface area contributed by atoms with Crippen LogP contribution < -0.4 is 5.48 Å². The maximum atomic E-state index is 10.4. The number of carbonyl (C=O) groups is 1. The number of rotatable bonds is 1. The van der Waals surface area contributed by atoms with E-state index in [1.807, 2.05) is 5.48 Å². The van der Waals surface area contributed by atoms with Crippen molar-refractivity contribution in [1.29, 1.82) is 0 Å². The van der Waals surface area contributed by atoms with Crippen LogP contribution in [-0.2, 0) is 4.84 Å². The molecule has 2 amide bonds. The molecule has 4 heteroatoms. The molecule has 0 aromatic rings. The van der Waals surface area contributed by atoms with E-state index in [2.05, 4.69) is 11.9 Å². The summed E-state index contributed by atoms with van der Waals surface area (Å²) in [5.74, 6) is 0. The molecule has 1 N–H and O–H groups in total. The van der Waals surface area contributed by atoms with Crippen molar-refractivity contribution >= 4 is 6.03 Å². The van der Waals surface area contributed by atoms with Crippen molar-refractivity contribution in [3.8, 4) is 0 Å². The van der Waals surface area contributed by atoms with E-state index in [1.165, 1.54) is 4.90 Å². The summed E-state index contributed by atoms with van der Waals surface area (Å²) in [6.07, 6.45) is 0. The predicted octanol–water partition coefficient (Wildman–Crippen LogP) is -0.0192.